The Hall–Kier alpha value is -2.43. The number of nitrogens with zero attached hydrogens (tertiary/aromatic N) is 4. The lowest BCUT2D eigenvalue weighted by Gasteiger charge is -2.33. The lowest BCUT2D eigenvalue weighted by atomic mass is 9.84. The van der Waals surface area contributed by atoms with Crippen molar-refractivity contribution in [1.29, 1.82) is 0 Å². The first kappa shape index (κ1) is 23.2. The quantitative estimate of drug-likeness (QED) is 0.604. The number of amides is 1. The molecule has 0 saturated carbocycles. The number of carbonyl (C=O) groups excluding carboxylic acids is 1. The summed E-state index contributed by atoms with van der Waals surface area (Å²) < 4.78 is 0. The molecule has 1 aromatic carbocycles. The fourth-order valence-electron chi connectivity index (χ4n) is 4.63. The van der Waals surface area contributed by atoms with Gasteiger partial charge in [-0.3, -0.25) is 4.79 Å². The molecule has 3 rings (SSSR count). The van der Waals surface area contributed by atoms with Crippen LogP contribution < -0.4 is 4.90 Å². The summed E-state index contributed by atoms with van der Waals surface area (Å²) in [5.41, 5.74) is 3.47. The van der Waals surface area contributed by atoms with Gasteiger partial charge in [0.25, 0.3) is 0 Å². The molecule has 2 aromatic rings. The van der Waals surface area contributed by atoms with E-state index in [0.29, 0.717) is 18.9 Å². The Morgan fingerprint density at radius 3 is 2.55 bits per heavy atom. The van der Waals surface area contributed by atoms with Crippen molar-refractivity contribution in [2.45, 2.75) is 66.8 Å². The number of rotatable bonds is 7. The first-order valence-corrected chi connectivity index (χ1v) is 11.6. The molecule has 1 aliphatic rings. The largest absolute Gasteiger partial charge is 0.359 e. The van der Waals surface area contributed by atoms with Gasteiger partial charge in [-0.15, -0.1) is 0 Å². The highest BCUT2D eigenvalue weighted by Gasteiger charge is 2.28. The molecular weight excluding hydrogens is 384 g/mol. The third-order valence-electron chi connectivity index (χ3n) is 5.83. The number of carbonyl (C=O) groups is 1. The lowest BCUT2D eigenvalue weighted by molar-refractivity contribution is -0.133. The van der Waals surface area contributed by atoms with E-state index in [0.717, 1.165) is 60.8 Å². The van der Waals surface area contributed by atoms with Crippen LogP contribution in [0.5, 0.6) is 0 Å². The van der Waals surface area contributed by atoms with E-state index in [1.54, 1.807) is 0 Å². The molecule has 31 heavy (non-hydrogen) atoms. The number of anilines is 1. The van der Waals surface area contributed by atoms with Crippen molar-refractivity contribution in [3.63, 3.8) is 0 Å². The summed E-state index contributed by atoms with van der Waals surface area (Å²) in [6.45, 7) is 13.3. The Labute approximate surface area is 187 Å². The molecule has 168 valence electrons. The first-order chi connectivity index (χ1) is 14.7. The number of aromatic nitrogens is 2. The number of benzene rings is 1. The van der Waals surface area contributed by atoms with Crippen molar-refractivity contribution in [2.75, 3.05) is 25.0 Å². The topological polar surface area (TPSA) is 49.3 Å². The zero-order valence-electron chi connectivity index (χ0n) is 20.1. The van der Waals surface area contributed by atoms with Crippen molar-refractivity contribution in [1.82, 2.24) is 14.9 Å². The van der Waals surface area contributed by atoms with Crippen molar-refractivity contribution < 1.29 is 4.79 Å². The van der Waals surface area contributed by atoms with Gasteiger partial charge in [-0.1, -0.05) is 65.0 Å². The molecule has 1 aliphatic heterocycles. The molecule has 2 heterocycles. The van der Waals surface area contributed by atoms with Gasteiger partial charge in [-0.25, -0.2) is 9.97 Å². The summed E-state index contributed by atoms with van der Waals surface area (Å²) in [4.78, 5) is 27.2. The third kappa shape index (κ3) is 6.05. The zero-order chi connectivity index (χ0) is 22.6. The Morgan fingerprint density at radius 2 is 1.90 bits per heavy atom. The summed E-state index contributed by atoms with van der Waals surface area (Å²) in [5, 5.41) is 0. The molecule has 0 fully saturated rings. The molecule has 0 aliphatic carbocycles. The van der Waals surface area contributed by atoms with Gasteiger partial charge in [0, 0.05) is 44.1 Å². The average molecular weight is 423 g/mol. The zero-order valence-corrected chi connectivity index (χ0v) is 20.1. The Morgan fingerprint density at radius 1 is 1.19 bits per heavy atom. The molecule has 1 aromatic heterocycles. The Balaban J connectivity index is 1.85. The van der Waals surface area contributed by atoms with E-state index < -0.39 is 0 Å². The van der Waals surface area contributed by atoms with Crippen LogP contribution in [0.15, 0.2) is 30.3 Å². The Bertz CT molecular complexity index is 888. The van der Waals surface area contributed by atoms with Crippen LogP contribution in [0.3, 0.4) is 0 Å². The van der Waals surface area contributed by atoms with Gasteiger partial charge in [-0.2, -0.15) is 0 Å². The predicted molar refractivity (Wildman–Crippen MR) is 128 cm³/mol. The van der Waals surface area contributed by atoms with Crippen molar-refractivity contribution in [3.05, 3.63) is 41.6 Å². The van der Waals surface area contributed by atoms with Gasteiger partial charge in [0.05, 0.1) is 12.2 Å². The standard InChI is InChI=1S/C26H38N4O/c1-7-14-29(6)25-21-18-30(23(31)16-19(2)17-26(3,4)5)15-13-22(21)27-24(28-25)20-11-9-8-10-12-20/h8-12,19H,7,13-18H2,1-6H3/t19-/m1/s1. The van der Waals surface area contributed by atoms with Crippen LogP contribution in [-0.4, -0.2) is 40.9 Å². The van der Waals surface area contributed by atoms with Gasteiger partial charge in [0.2, 0.25) is 5.91 Å². The van der Waals surface area contributed by atoms with Crippen LogP contribution in [0.4, 0.5) is 5.82 Å². The minimum atomic E-state index is 0.242. The van der Waals surface area contributed by atoms with Crippen LogP contribution >= 0.6 is 0 Å². The monoisotopic (exact) mass is 422 g/mol. The molecule has 0 spiro atoms. The van der Waals surface area contributed by atoms with E-state index in [1.807, 2.05) is 23.1 Å². The van der Waals surface area contributed by atoms with Crippen LogP contribution in [0.1, 0.15) is 65.1 Å². The van der Waals surface area contributed by atoms with Crippen LogP contribution in [0.2, 0.25) is 0 Å². The predicted octanol–water partition coefficient (Wildman–Crippen LogP) is 5.34. The summed E-state index contributed by atoms with van der Waals surface area (Å²) in [6.07, 6.45) is 3.49. The van der Waals surface area contributed by atoms with Crippen LogP contribution in [0, 0.1) is 11.3 Å². The van der Waals surface area contributed by atoms with Gasteiger partial charge in [-0.05, 0) is 24.2 Å². The second-order valence-corrected chi connectivity index (χ2v) is 10.2. The van der Waals surface area contributed by atoms with Gasteiger partial charge < -0.3 is 9.80 Å². The molecule has 0 N–H and O–H groups in total. The van der Waals surface area contributed by atoms with E-state index in [1.165, 1.54) is 0 Å². The number of fused-ring (bicyclic) bond motifs is 1. The maximum Gasteiger partial charge on any atom is 0.223 e. The van der Waals surface area contributed by atoms with Gasteiger partial charge in [0.1, 0.15) is 5.82 Å². The van der Waals surface area contributed by atoms with Crippen molar-refractivity contribution in [2.24, 2.45) is 11.3 Å². The average Bonchev–Trinajstić information content (AvgIpc) is 2.71. The molecular formula is C26H38N4O. The summed E-state index contributed by atoms with van der Waals surface area (Å²) in [6, 6.07) is 10.2. The second kappa shape index (κ2) is 9.80. The van der Waals surface area contributed by atoms with Crippen LogP contribution in [-0.2, 0) is 17.8 Å². The number of hydrogen-bond acceptors (Lipinski definition) is 4. The fraction of sp³-hybridized carbons (Fsp3) is 0.577. The van der Waals surface area contributed by atoms with E-state index in [9.17, 15) is 4.79 Å². The molecule has 1 amide bonds. The molecule has 5 heteroatoms. The second-order valence-electron chi connectivity index (χ2n) is 10.2. The fourth-order valence-corrected chi connectivity index (χ4v) is 4.63. The number of hydrogen-bond donors (Lipinski definition) is 0. The maximum absolute atomic E-state index is 13.1. The van der Waals surface area contributed by atoms with Gasteiger partial charge >= 0.3 is 0 Å². The molecule has 5 nitrogen and oxygen atoms in total. The van der Waals surface area contributed by atoms with E-state index >= 15 is 0 Å². The smallest absolute Gasteiger partial charge is 0.223 e. The highest BCUT2D eigenvalue weighted by atomic mass is 16.2. The lowest BCUT2D eigenvalue weighted by Crippen LogP contribution is -2.38. The van der Waals surface area contributed by atoms with Crippen molar-refractivity contribution in [3.8, 4) is 11.4 Å². The van der Waals surface area contributed by atoms with E-state index in [-0.39, 0.29) is 11.3 Å². The SMILES string of the molecule is CCCN(C)c1nc(-c2ccccc2)nc2c1CN(C(=O)C[C@@H](C)CC(C)(C)C)CC2. The molecule has 1 atom stereocenters. The maximum atomic E-state index is 13.1. The molecule has 0 radical (unpaired) electrons. The minimum absolute atomic E-state index is 0.242. The van der Waals surface area contributed by atoms with Crippen LogP contribution in [0.25, 0.3) is 11.4 Å². The third-order valence-corrected chi connectivity index (χ3v) is 5.83. The van der Waals surface area contributed by atoms with E-state index in [2.05, 4.69) is 58.7 Å². The van der Waals surface area contributed by atoms with E-state index in [4.69, 9.17) is 9.97 Å². The Kier molecular flexibility index (Phi) is 7.34. The highest BCUT2D eigenvalue weighted by Crippen LogP contribution is 2.31. The highest BCUT2D eigenvalue weighted by molar-refractivity contribution is 5.77. The van der Waals surface area contributed by atoms with Crippen molar-refractivity contribution >= 4 is 11.7 Å². The molecule has 0 bridgehead atoms. The van der Waals surface area contributed by atoms with Gasteiger partial charge in [0.15, 0.2) is 5.82 Å². The first-order valence-electron chi connectivity index (χ1n) is 11.6. The summed E-state index contributed by atoms with van der Waals surface area (Å²) >= 11 is 0. The molecule has 0 unspecified atom stereocenters. The summed E-state index contributed by atoms with van der Waals surface area (Å²) in [7, 11) is 2.09. The summed E-state index contributed by atoms with van der Waals surface area (Å²) in [5.74, 6) is 2.37. The minimum Gasteiger partial charge on any atom is -0.359 e. The normalized spacial score (nSPS) is 14.8. The molecule has 0 saturated heterocycles.